The molecule has 15 heteroatoms. The largest absolute Gasteiger partial charge is 0.508 e. The van der Waals surface area contributed by atoms with Crippen LogP contribution >= 0.6 is 0 Å². The van der Waals surface area contributed by atoms with E-state index in [2.05, 4.69) is 42.3 Å². The molecular formula is C27H34F6N2O7. The highest BCUT2D eigenvalue weighted by atomic mass is 19.4. The summed E-state index contributed by atoms with van der Waals surface area (Å²) in [6.45, 7) is 9.64. The summed E-state index contributed by atoms with van der Waals surface area (Å²) >= 11 is 0. The van der Waals surface area contributed by atoms with Gasteiger partial charge in [-0.25, -0.2) is 9.59 Å². The average Bonchev–Trinajstić information content (AvgIpc) is 3.14. The van der Waals surface area contributed by atoms with Gasteiger partial charge in [0.2, 0.25) is 0 Å². The van der Waals surface area contributed by atoms with Crippen LogP contribution in [0.25, 0.3) is 10.8 Å². The smallest absolute Gasteiger partial charge is 0.490 e. The monoisotopic (exact) mass is 612 g/mol. The van der Waals surface area contributed by atoms with E-state index in [1.165, 1.54) is 5.56 Å². The molecule has 2 aliphatic heterocycles. The number of nitrogens with one attached hydrogen (secondary N) is 1. The molecule has 236 valence electrons. The molecule has 42 heavy (non-hydrogen) atoms. The maximum absolute atomic E-state index is 10.6. The molecule has 2 heterocycles. The van der Waals surface area contributed by atoms with E-state index in [0.717, 1.165) is 56.4 Å². The maximum Gasteiger partial charge on any atom is 0.490 e. The number of hydrogen-bond donors (Lipinski definition) is 4. The molecule has 2 atom stereocenters. The summed E-state index contributed by atoms with van der Waals surface area (Å²) in [6.07, 6.45) is -7.77. The third-order valence-corrected chi connectivity index (χ3v) is 6.52. The van der Waals surface area contributed by atoms with Crippen LogP contribution in [-0.4, -0.2) is 95.1 Å². The number of phenolic OH excluding ortho intramolecular Hbond substituents is 1. The minimum atomic E-state index is -5.08. The molecule has 2 fully saturated rings. The number of carbonyl (C=O) groups is 2. The van der Waals surface area contributed by atoms with Crippen LogP contribution in [0.4, 0.5) is 26.3 Å². The number of aromatic hydroxyl groups is 1. The second-order valence-corrected chi connectivity index (χ2v) is 10.2. The fraction of sp³-hybridized carbons (Fsp3) is 0.556. The summed E-state index contributed by atoms with van der Waals surface area (Å²) in [7, 11) is 0. The third kappa shape index (κ3) is 11.3. The minimum Gasteiger partial charge on any atom is -0.508 e. The number of ether oxygens (including phenoxy) is 2. The standard InChI is InChI=1S/C23H32N2O3.2C2HF3O2/c1-17(2)25-9-10-27-16-23(15-25)8-7-22(28-23)14-24-13-18-3-4-20-12-21(26)6-5-19(20)11-18;2*3-2(4,5)1(6)7/h3-6,11-12,17,22,24,26H,7-10,13-16H2,1-2H3;2*(H,6,7)/t22-,23-;;/m1../s1. The Morgan fingerprint density at radius 1 is 1.02 bits per heavy atom. The minimum absolute atomic E-state index is 0.141. The Hall–Kier alpha value is -3.14. The van der Waals surface area contributed by atoms with Crippen molar-refractivity contribution in [3.05, 3.63) is 42.0 Å². The van der Waals surface area contributed by atoms with Crippen LogP contribution in [0, 0.1) is 0 Å². The number of fused-ring (bicyclic) bond motifs is 1. The zero-order chi connectivity index (χ0) is 31.7. The van der Waals surface area contributed by atoms with Crippen molar-refractivity contribution in [2.45, 2.75) is 63.3 Å². The molecule has 0 aromatic heterocycles. The highest BCUT2D eigenvalue weighted by Gasteiger charge is 2.43. The molecule has 1 spiro atoms. The van der Waals surface area contributed by atoms with E-state index in [1.54, 1.807) is 12.1 Å². The van der Waals surface area contributed by atoms with Gasteiger partial charge in [-0.3, -0.25) is 4.90 Å². The van der Waals surface area contributed by atoms with Crippen LogP contribution in [0.5, 0.6) is 5.75 Å². The van der Waals surface area contributed by atoms with Gasteiger partial charge in [-0.1, -0.05) is 18.2 Å². The molecule has 0 bridgehead atoms. The molecule has 2 aliphatic rings. The summed E-state index contributed by atoms with van der Waals surface area (Å²) in [5, 5.41) is 29.6. The molecule has 0 unspecified atom stereocenters. The normalized spacial score (nSPS) is 21.3. The summed E-state index contributed by atoms with van der Waals surface area (Å²) in [5.41, 5.74) is 1.10. The van der Waals surface area contributed by atoms with E-state index in [0.29, 0.717) is 18.4 Å². The number of halogens is 6. The number of nitrogens with zero attached hydrogens (tertiary/aromatic N) is 1. The number of phenols is 1. The van der Waals surface area contributed by atoms with Gasteiger partial charge in [0.25, 0.3) is 0 Å². The van der Waals surface area contributed by atoms with Gasteiger partial charge in [0.05, 0.1) is 19.3 Å². The van der Waals surface area contributed by atoms with E-state index in [1.807, 2.05) is 6.07 Å². The molecule has 2 aromatic rings. The molecule has 0 aliphatic carbocycles. The molecule has 4 rings (SSSR count). The van der Waals surface area contributed by atoms with E-state index in [4.69, 9.17) is 29.3 Å². The topological polar surface area (TPSA) is 129 Å². The van der Waals surface area contributed by atoms with Gasteiger partial charge in [-0.2, -0.15) is 26.3 Å². The van der Waals surface area contributed by atoms with Crippen LogP contribution in [-0.2, 0) is 25.6 Å². The summed E-state index contributed by atoms with van der Waals surface area (Å²) in [6, 6.07) is 12.4. The van der Waals surface area contributed by atoms with Crippen molar-refractivity contribution in [1.82, 2.24) is 10.2 Å². The van der Waals surface area contributed by atoms with Gasteiger partial charge >= 0.3 is 24.3 Å². The van der Waals surface area contributed by atoms with Crippen molar-refractivity contribution in [3.63, 3.8) is 0 Å². The Labute approximate surface area is 238 Å². The van der Waals surface area contributed by atoms with Gasteiger partial charge in [-0.15, -0.1) is 0 Å². The lowest BCUT2D eigenvalue weighted by Gasteiger charge is -2.34. The van der Waals surface area contributed by atoms with Crippen molar-refractivity contribution in [2.24, 2.45) is 0 Å². The number of aliphatic carboxylic acids is 2. The van der Waals surface area contributed by atoms with E-state index in [-0.39, 0.29) is 11.7 Å². The number of rotatable bonds is 5. The molecular weight excluding hydrogens is 578 g/mol. The summed E-state index contributed by atoms with van der Waals surface area (Å²) in [4.78, 5) is 20.3. The van der Waals surface area contributed by atoms with Gasteiger partial charge < -0.3 is 30.1 Å². The van der Waals surface area contributed by atoms with Crippen molar-refractivity contribution in [1.29, 1.82) is 0 Å². The molecule has 0 saturated carbocycles. The highest BCUT2D eigenvalue weighted by Crippen LogP contribution is 2.33. The zero-order valence-electron chi connectivity index (χ0n) is 23.0. The van der Waals surface area contributed by atoms with Crippen molar-refractivity contribution < 1.29 is 60.7 Å². The van der Waals surface area contributed by atoms with Gasteiger partial charge in [0.15, 0.2) is 0 Å². The first-order valence-electron chi connectivity index (χ1n) is 12.9. The molecule has 0 radical (unpaired) electrons. The number of carboxylic acid groups (broad SMARTS) is 2. The van der Waals surface area contributed by atoms with Crippen molar-refractivity contribution in [3.8, 4) is 5.75 Å². The van der Waals surface area contributed by atoms with Gasteiger partial charge in [0, 0.05) is 32.2 Å². The Morgan fingerprint density at radius 2 is 1.60 bits per heavy atom. The van der Waals surface area contributed by atoms with Crippen molar-refractivity contribution >= 4 is 22.7 Å². The molecule has 2 saturated heterocycles. The first kappa shape index (κ1) is 35.1. The average molecular weight is 613 g/mol. The molecule has 0 amide bonds. The van der Waals surface area contributed by atoms with Crippen LogP contribution in [0.3, 0.4) is 0 Å². The van der Waals surface area contributed by atoms with E-state index >= 15 is 0 Å². The highest BCUT2D eigenvalue weighted by molar-refractivity contribution is 5.84. The molecule has 2 aromatic carbocycles. The van der Waals surface area contributed by atoms with Crippen LogP contribution in [0.15, 0.2) is 36.4 Å². The maximum atomic E-state index is 10.6. The fourth-order valence-electron chi connectivity index (χ4n) is 4.41. The number of benzene rings is 2. The first-order valence-corrected chi connectivity index (χ1v) is 12.9. The predicted molar refractivity (Wildman–Crippen MR) is 139 cm³/mol. The number of alkyl halides is 6. The Morgan fingerprint density at radius 3 is 2.17 bits per heavy atom. The Kier molecular flexibility index (Phi) is 12.4. The number of hydrogen-bond acceptors (Lipinski definition) is 7. The quantitative estimate of drug-likeness (QED) is 0.360. The zero-order valence-corrected chi connectivity index (χ0v) is 23.0. The predicted octanol–water partition coefficient (Wildman–Crippen LogP) is 4.56. The lowest BCUT2D eigenvalue weighted by molar-refractivity contribution is -0.193. The third-order valence-electron chi connectivity index (χ3n) is 6.52. The fourth-order valence-corrected chi connectivity index (χ4v) is 4.41. The van der Waals surface area contributed by atoms with Crippen LogP contribution in [0.1, 0.15) is 32.3 Å². The van der Waals surface area contributed by atoms with Crippen molar-refractivity contribution in [2.75, 3.05) is 32.8 Å². The van der Waals surface area contributed by atoms with Crippen LogP contribution in [0.2, 0.25) is 0 Å². The second-order valence-electron chi connectivity index (χ2n) is 10.2. The molecule has 9 nitrogen and oxygen atoms in total. The molecule has 4 N–H and O–H groups in total. The number of carboxylic acids is 2. The summed E-state index contributed by atoms with van der Waals surface area (Å²) < 4.78 is 75.9. The van der Waals surface area contributed by atoms with E-state index in [9.17, 15) is 31.4 Å². The Bertz CT molecular complexity index is 1170. The second kappa shape index (κ2) is 14.8. The van der Waals surface area contributed by atoms with Crippen LogP contribution < -0.4 is 5.32 Å². The first-order chi connectivity index (χ1) is 19.4. The van der Waals surface area contributed by atoms with Gasteiger partial charge in [-0.05, 0) is 61.2 Å². The lowest BCUT2D eigenvalue weighted by atomic mass is 9.99. The Balaban J connectivity index is 0.000000367. The van der Waals surface area contributed by atoms with Gasteiger partial charge in [0.1, 0.15) is 11.4 Å². The summed E-state index contributed by atoms with van der Waals surface area (Å²) in [5.74, 6) is -5.20. The SMILES string of the molecule is CC(C)N1CCOC[C@@]2(CC[C@H](CNCc3ccc4cc(O)ccc4c3)O2)C1.O=C(O)C(F)(F)F.O=C(O)C(F)(F)F. The van der Waals surface area contributed by atoms with E-state index < -0.39 is 24.3 Å². The lowest BCUT2D eigenvalue weighted by Crippen LogP contribution is -2.47.